The Morgan fingerprint density at radius 3 is 2.52 bits per heavy atom. The van der Waals surface area contributed by atoms with E-state index in [-0.39, 0.29) is 0 Å². The number of likely N-dealkylation sites (N-methyl/N-ethyl adjacent to an activating group) is 1. The van der Waals surface area contributed by atoms with E-state index in [0.29, 0.717) is 0 Å². The average Bonchev–Trinajstić information content (AvgIpc) is 2.48. The highest BCUT2D eigenvalue weighted by Gasteiger charge is 2.20. The van der Waals surface area contributed by atoms with Gasteiger partial charge in [0.2, 0.25) is 0 Å². The van der Waals surface area contributed by atoms with Gasteiger partial charge >= 0.3 is 0 Å². The smallest absolute Gasteiger partial charge is 0.132 e. The molecule has 0 aromatic carbocycles. The van der Waals surface area contributed by atoms with E-state index in [2.05, 4.69) is 43.0 Å². The Bertz CT molecular complexity index is 526. The third-order valence-electron chi connectivity index (χ3n) is 4.05. The molecule has 1 aliphatic rings. The van der Waals surface area contributed by atoms with Gasteiger partial charge in [-0.25, -0.2) is 4.98 Å². The molecule has 3 nitrogen and oxygen atoms in total. The second-order valence-corrected chi connectivity index (χ2v) is 5.93. The molecule has 114 valence electrons. The Hall–Kier alpha value is -1.61. The number of pyridine rings is 1. The predicted octanol–water partition coefficient (Wildman–Crippen LogP) is 3.46. The summed E-state index contributed by atoms with van der Waals surface area (Å²) in [5, 5.41) is 0. The number of nitrogens with zero attached hydrogens (tertiary/aromatic N) is 3. The molecule has 0 amide bonds. The van der Waals surface area contributed by atoms with Gasteiger partial charge in [-0.2, -0.15) is 0 Å². The largest absolute Gasteiger partial charge is 0.354 e. The van der Waals surface area contributed by atoms with Crippen LogP contribution < -0.4 is 4.90 Å². The summed E-state index contributed by atoms with van der Waals surface area (Å²) in [5.41, 5.74) is 4.42. The van der Waals surface area contributed by atoms with E-state index in [9.17, 15) is 0 Å². The number of hydrogen-bond acceptors (Lipinski definition) is 3. The van der Waals surface area contributed by atoms with E-state index < -0.39 is 0 Å². The van der Waals surface area contributed by atoms with Gasteiger partial charge < -0.3 is 9.80 Å². The Kier molecular flexibility index (Phi) is 5.18. The lowest BCUT2D eigenvalue weighted by Gasteiger charge is -2.34. The minimum absolute atomic E-state index is 0.985. The normalized spacial score (nSPS) is 16.0. The lowest BCUT2D eigenvalue weighted by molar-refractivity contribution is 0.312. The molecule has 0 spiro atoms. The van der Waals surface area contributed by atoms with Gasteiger partial charge in [-0.15, -0.1) is 0 Å². The molecule has 1 fully saturated rings. The monoisotopic (exact) mass is 285 g/mol. The number of allylic oxidation sites excluding steroid dienone is 1. The molecule has 2 heterocycles. The summed E-state index contributed by atoms with van der Waals surface area (Å²) in [5.74, 6) is 1.15. The van der Waals surface area contributed by atoms with E-state index in [4.69, 9.17) is 4.98 Å². The lowest BCUT2D eigenvalue weighted by Crippen LogP contribution is -2.45. The van der Waals surface area contributed by atoms with E-state index >= 15 is 0 Å². The summed E-state index contributed by atoms with van der Waals surface area (Å²) in [4.78, 5) is 9.74. The molecule has 1 saturated heterocycles. The third-order valence-corrected chi connectivity index (χ3v) is 4.05. The molecule has 1 aromatic heterocycles. The summed E-state index contributed by atoms with van der Waals surface area (Å²) in [6.07, 6.45) is 4.08. The quantitative estimate of drug-likeness (QED) is 0.826. The molecule has 0 aliphatic carbocycles. The maximum atomic E-state index is 4.95. The Morgan fingerprint density at radius 2 is 2.00 bits per heavy atom. The fraction of sp³-hybridized carbons (Fsp3) is 0.500. The summed E-state index contributed by atoms with van der Waals surface area (Å²) < 4.78 is 0. The van der Waals surface area contributed by atoms with Crippen molar-refractivity contribution in [1.82, 2.24) is 9.88 Å². The van der Waals surface area contributed by atoms with Gasteiger partial charge in [0.05, 0.1) is 5.69 Å². The van der Waals surface area contributed by atoms with Crippen LogP contribution in [0, 0.1) is 0 Å². The first-order valence-electron chi connectivity index (χ1n) is 7.82. The van der Waals surface area contributed by atoms with E-state index in [1.54, 1.807) is 0 Å². The van der Waals surface area contributed by atoms with Crippen molar-refractivity contribution in [2.75, 3.05) is 38.1 Å². The van der Waals surface area contributed by atoms with Crippen LogP contribution in [0.4, 0.5) is 5.82 Å². The fourth-order valence-corrected chi connectivity index (χ4v) is 2.81. The van der Waals surface area contributed by atoms with Crippen LogP contribution in [0.5, 0.6) is 0 Å². The van der Waals surface area contributed by atoms with Crippen molar-refractivity contribution >= 4 is 17.5 Å². The van der Waals surface area contributed by atoms with Gasteiger partial charge in [-0.1, -0.05) is 32.6 Å². The molecule has 0 radical (unpaired) electrons. The third kappa shape index (κ3) is 3.53. The van der Waals surface area contributed by atoms with Gasteiger partial charge in [-0.3, -0.25) is 0 Å². The van der Waals surface area contributed by atoms with Crippen molar-refractivity contribution in [3.63, 3.8) is 0 Å². The minimum Gasteiger partial charge on any atom is -0.354 e. The maximum absolute atomic E-state index is 4.95. The molecule has 0 bridgehead atoms. The van der Waals surface area contributed by atoms with Gasteiger partial charge in [0.1, 0.15) is 5.82 Å². The van der Waals surface area contributed by atoms with E-state index in [1.165, 1.54) is 5.56 Å². The number of hydrogen-bond donors (Lipinski definition) is 0. The molecule has 3 heteroatoms. The van der Waals surface area contributed by atoms with Gasteiger partial charge in [-0.05, 0) is 37.6 Å². The SMILES string of the molecule is C=Cc1cc(CCC)c(N2CCN(C)CC2)nc1C(=C)C. The Morgan fingerprint density at radius 1 is 1.33 bits per heavy atom. The Balaban J connectivity index is 2.43. The molecule has 0 unspecified atom stereocenters. The van der Waals surface area contributed by atoms with Crippen LogP contribution in [0.25, 0.3) is 11.6 Å². The first-order chi connectivity index (χ1) is 10.1. The molecular weight excluding hydrogens is 258 g/mol. The summed E-state index contributed by atoms with van der Waals surface area (Å²) in [6, 6.07) is 2.25. The van der Waals surface area contributed by atoms with Gasteiger partial charge in [0.15, 0.2) is 0 Å². The summed E-state index contributed by atoms with van der Waals surface area (Å²) in [7, 11) is 2.18. The van der Waals surface area contributed by atoms with Crippen molar-refractivity contribution in [1.29, 1.82) is 0 Å². The average molecular weight is 285 g/mol. The van der Waals surface area contributed by atoms with Crippen molar-refractivity contribution < 1.29 is 0 Å². The topological polar surface area (TPSA) is 19.4 Å². The van der Waals surface area contributed by atoms with Crippen LogP contribution in [0.3, 0.4) is 0 Å². The standard InChI is InChI=1S/C18H27N3/c1-6-8-16-13-15(7-2)17(14(3)4)19-18(16)21-11-9-20(5)10-12-21/h7,13H,2-3,6,8-12H2,1,4-5H3. The van der Waals surface area contributed by atoms with Crippen LogP contribution in [0.1, 0.15) is 37.1 Å². The summed E-state index contributed by atoms with van der Waals surface area (Å²) in [6.45, 7) is 16.5. The van der Waals surface area contributed by atoms with Crippen molar-refractivity contribution in [3.8, 4) is 0 Å². The second kappa shape index (κ2) is 6.90. The first-order valence-corrected chi connectivity index (χ1v) is 7.82. The molecule has 21 heavy (non-hydrogen) atoms. The molecule has 1 aliphatic heterocycles. The first kappa shape index (κ1) is 15.8. The highest BCUT2D eigenvalue weighted by Crippen LogP contribution is 2.27. The lowest BCUT2D eigenvalue weighted by atomic mass is 10.0. The predicted molar refractivity (Wildman–Crippen MR) is 92.7 cm³/mol. The number of rotatable bonds is 5. The van der Waals surface area contributed by atoms with Crippen molar-refractivity contribution in [2.24, 2.45) is 0 Å². The van der Waals surface area contributed by atoms with Crippen LogP contribution in [0.2, 0.25) is 0 Å². The van der Waals surface area contributed by atoms with Crippen LogP contribution in [-0.4, -0.2) is 43.1 Å². The molecular formula is C18H27N3. The van der Waals surface area contributed by atoms with Crippen molar-refractivity contribution in [3.05, 3.63) is 36.0 Å². The van der Waals surface area contributed by atoms with Gasteiger partial charge in [0, 0.05) is 31.7 Å². The molecule has 1 aromatic rings. The zero-order valence-corrected chi connectivity index (χ0v) is 13.7. The molecule has 2 rings (SSSR count). The molecule has 0 atom stereocenters. The highest BCUT2D eigenvalue weighted by atomic mass is 15.3. The van der Waals surface area contributed by atoms with Gasteiger partial charge in [0.25, 0.3) is 0 Å². The van der Waals surface area contributed by atoms with E-state index in [1.807, 2.05) is 13.0 Å². The second-order valence-electron chi connectivity index (χ2n) is 5.93. The number of aryl methyl sites for hydroxylation is 1. The zero-order valence-electron chi connectivity index (χ0n) is 13.7. The molecule has 0 N–H and O–H groups in total. The van der Waals surface area contributed by atoms with E-state index in [0.717, 1.165) is 61.7 Å². The Labute approximate surface area is 129 Å². The van der Waals surface area contributed by atoms with Crippen molar-refractivity contribution in [2.45, 2.75) is 26.7 Å². The highest BCUT2D eigenvalue weighted by molar-refractivity contribution is 5.71. The van der Waals surface area contributed by atoms with Crippen LogP contribution >= 0.6 is 0 Å². The minimum atomic E-state index is 0.985. The number of piperazine rings is 1. The zero-order chi connectivity index (χ0) is 15.4. The fourth-order valence-electron chi connectivity index (χ4n) is 2.81. The number of aromatic nitrogens is 1. The molecule has 0 saturated carbocycles. The van der Waals surface area contributed by atoms with Crippen LogP contribution in [-0.2, 0) is 6.42 Å². The maximum Gasteiger partial charge on any atom is 0.132 e. The summed E-state index contributed by atoms with van der Waals surface area (Å²) >= 11 is 0. The van der Waals surface area contributed by atoms with Crippen LogP contribution in [0.15, 0.2) is 19.2 Å². The number of anilines is 1.